The Hall–Kier alpha value is -3.40. The van der Waals surface area contributed by atoms with E-state index in [0.717, 1.165) is 6.07 Å². The quantitative estimate of drug-likeness (QED) is 0.408. The molecule has 1 amide bonds. The first-order valence-electron chi connectivity index (χ1n) is 8.69. The SMILES string of the molecule is C#Cc1cccc(NC(=O)CNC(=NC)NCC(C)c2ccc(F)c(F)c2)c1. The van der Waals surface area contributed by atoms with Gasteiger partial charge in [0.05, 0.1) is 6.54 Å². The number of benzene rings is 2. The Morgan fingerprint density at radius 1 is 1.18 bits per heavy atom. The second-order valence-electron chi connectivity index (χ2n) is 6.15. The first kappa shape index (κ1) is 20.9. The highest BCUT2D eigenvalue weighted by Gasteiger charge is 2.11. The van der Waals surface area contributed by atoms with Gasteiger partial charge in [0.1, 0.15) is 0 Å². The molecule has 0 aromatic heterocycles. The van der Waals surface area contributed by atoms with Gasteiger partial charge in [-0.3, -0.25) is 9.79 Å². The molecule has 0 saturated heterocycles. The summed E-state index contributed by atoms with van der Waals surface area (Å²) < 4.78 is 26.4. The van der Waals surface area contributed by atoms with E-state index in [1.54, 1.807) is 37.4 Å². The molecule has 0 bridgehead atoms. The summed E-state index contributed by atoms with van der Waals surface area (Å²) >= 11 is 0. The van der Waals surface area contributed by atoms with Gasteiger partial charge >= 0.3 is 0 Å². The number of guanidine groups is 1. The zero-order valence-electron chi connectivity index (χ0n) is 15.7. The van der Waals surface area contributed by atoms with Crippen molar-refractivity contribution in [1.29, 1.82) is 0 Å². The minimum absolute atomic E-state index is 0.000484. The van der Waals surface area contributed by atoms with E-state index in [9.17, 15) is 13.6 Å². The van der Waals surface area contributed by atoms with Gasteiger partial charge in [0.15, 0.2) is 17.6 Å². The molecule has 7 heteroatoms. The van der Waals surface area contributed by atoms with Gasteiger partial charge in [-0.05, 0) is 41.8 Å². The number of nitrogens with one attached hydrogen (secondary N) is 3. The van der Waals surface area contributed by atoms with Crippen molar-refractivity contribution in [2.45, 2.75) is 12.8 Å². The lowest BCUT2D eigenvalue weighted by Crippen LogP contribution is -2.42. The molecule has 3 N–H and O–H groups in total. The van der Waals surface area contributed by atoms with Crippen molar-refractivity contribution < 1.29 is 13.6 Å². The molecule has 146 valence electrons. The molecule has 0 aliphatic rings. The summed E-state index contributed by atoms with van der Waals surface area (Å²) in [5, 5.41) is 8.69. The Morgan fingerprint density at radius 3 is 2.64 bits per heavy atom. The largest absolute Gasteiger partial charge is 0.356 e. The fraction of sp³-hybridized carbons (Fsp3) is 0.238. The number of hydrogen-bond acceptors (Lipinski definition) is 2. The number of aliphatic imine (C=N–C) groups is 1. The van der Waals surface area contributed by atoms with E-state index in [2.05, 4.69) is 26.9 Å². The zero-order valence-corrected chi connectivity index (χ0v) is 15.7. The van der Waals surface area contributed by atoms with Gasteiger partial charge in [-0.2, -0.15) is 0 Å². The van der Waals surface area contributed by atoms with Crippen LogP contribution in [0.1, 0.15) is 24.0 Å². The van der Waals surface area contributed by atoms with Crippen molar-refractivity contribution in [1.82, 2.24) is 10.6 Å². The molecule has 2 rings (SSSR count). The number of halogens is 2. The maximum absolute atomic E-state index is 13.4. The predicted molar refractivity (Wildman–Crippen MR) is 107 cm³/mol. The molecule has 0 aliphatic heterocycles. The van der Waals surface area contributed by atoms with Crippen LogP contribution in [0.3, 0.4) is 0 Å². The lowest BCUT2D eigenvalue weighted by atomic mass is 10.0. The molecule has 0 radical (unpaired) electrons. The lowest BCUT2D eigenvalue weighted by Gasteiger charge is -2.16. The number of carbonyl (C=O) groups excluding carboxylic acids is 1. The Bertz CT molecular complexity index is 906. The van der Waals surface area contributed by atoms with Gasteiger partial charge in [0.25, 0.3) is 0 Å². The second kappa shape index (κ2) is 10.1. The van der Waals surface area contributed by atoms with Crippen molar-refractivity contribution >= 4 is 17.6 Å². The maximum atomic E-state index is 13.4. The van der Waals surface area contributed by atoms with E-state index in [0.29, 0.717) is 29.3 Å². The van der Waals surface area contributed by atoms with Crippen LogP contribution in [0.25, 0.3) is 0 Å². The van der Waals surface area contributed by atoms with Gasteiger partial charge in [-0.1, -0.05) is 25.0 Å². The van der Waals surface area contributed by atoms with Gasteiger partial charge in [-0.25, -0.2) is 8.78 Å². The second-order valence-corrected chi connectivity index (χ2v) is 6.15. The Kier molecular flexibility index (Phi) is 7.52. The zero-order chi connectivity index (χ0) is 20.5. The van der Waals surface area contributed by atoms with Crippen molar-refractivity contribution in [3.05, 3.63) is 65.2 Å². The summed E-state index contributed by atoms with van der Waals surface area (Å²) in [5.74, 6) is 0.826. The molecule has 2 aromatic carbocycles. The molecule has 28 heavy (non-hydrogen) atoms. The summed E-state index contributed by atoms with van der Waals surface area (Å²) in [7, 11) is 1.58. The first-order valence-corrected chi connectivity index (χ1v) is 8.69. The van der Waals surface area contributed by atoms with Crippen molar-refractivity contribution in [2.75, 3.05) is 25.5 Å². The third-order valence-corrected chi connectivity index (χ3v) is 4.04. The van der Waals surface area contributed by atoms with Crippen LogP contribution in [-0.4, -0.2) is 32.0 Å². The van der Waals surface area contributed by atoms with Gasteiger partial charge in [0.2, 0.25) is 5.91 Å². The molecule has 0 saturated carbocycles. The van der Waals surface area contributed by atoms with Crippen LogP contribution in [0.5, 0.6) is 0 Å². The van der Waals surface area contributed by atoms with Crippen LogP contribution in [0.15, 0.2) is 47.5 Å². The van der Waals surface area contributed by atoms with E-state index in [1.807, 2.05) is 6.92 Å². The average molecular weight is 384 g/mol. The molecule has 5 nitrogen and oxygen atoms in total. The third kappa shape index (κ3) is 6.09. The predicted octanol–water partition coefficient (Wildman–Crippen LogP) is 2.85. The summed E-state index contributed by atoms with van der Waals surface area (Å²) in [6.07, 6.45) is 5.34. The van der Waals surface area contributed by atoms with Gasteiger partial charge in [0, 0.05) is 24.8 Å². The normalized spacial score (nSPS) is 12.0. The van der Waals surface area contributed by atoms with Crippen LogP contribution in [-0.2, 0) is 4.79 Å². The van der Waals surface area contributed by atoms with Crippen molar-refractivity contribution in [3.63, 3.8) is 0 Å². The Labute approximate surface area is 163 Å². The minimum Gasteiger partial charge on any atom is -0.356 e. The standard InChI is InChI=1S/C21H22F2N4O/c1-4-15-6-5-7-17(10-15)27-20(28)13-26-21(24-3)25-12-14(2)16-8-9-18(22)19(23)11-16/h1,5-11,14H,12-13H2,2-3H3,(H,27,28)(H2,24,25,26). The number of rotatable bonds is 6. The van der Waals surface area contributed by atoms with Crippen LogP contribution < -0.4 is 16.0 Å². The molecule has 1 unspecified atom stereocenters. The summed E-state index contributed by atoms with van der Waals surface area (Å²) in [5.41, 5.74) is 1.94. The molecular weight excluding hydrogens is 362 g/mol. The van der Waals surface area contributed by atoms with Crippen LogP contribution >= 0.6 is 0 Å². The highest BCUT2D eigenvalue weighted by atomic mass is 19.2. The van der Waals surface area contributed by atoms with E-state index < -0.39 is 11.6 Å². The topological polar surface area (TPSA) is 65.5 Å². The average Bonchev–Trinajstić information content (AvgIpc) is 2.70. The number of carbonyl (C=O) groups is 1. The monoisotopic (exact) mass is 384 g/mol. The smallest absolute Gasteiger partial charge is 0.243 e. The summed E-state index contributed by atoms with van der Waals surface area (Å²) in [6.45, 7) is 2.30. The van der Waals surface area contributed by atoms with Crippen LogP contribution in [0.2, 0.25) is 0 Å². The molecular formula is C21H22F2N4O. The van der Waals surface area contributed by atoms with Crippen LogP contribution in [0.4, 0.5) is 14.5 Å². The molecule has 0 spiro atoms. The summed E-state index contributed by atoms with van der Waals surface area (Å²) in [6, 6.07) is 10.8. The Morgan fingerprint density at radius 2 is 1.96 bits per heavy atom. The first-order chi connectivity index (χ1) is 13.4. The number of hydrogen-bond donors (Lipinski definition) is 3. The van der Waals surface area contributed by atoms with E-state index in [4.69, 9.17) is 6.42 Å². The number of terminal acetylenes is 1. The van der Waals surface area contributed by atoms with Crippen LogP contribution in [0, 0.1) is 24.0 Å². The van der Waals surface area contributed by atoms with E-state index >= 15 is 0 Å². The fourth-order valence-corrected chi connectivity index (χ4v) is 2.46. The molecule has 2 aromatic rings. The molecule has 0 aliphatic carbocycles. The fourth-order valence-electron chi connectivity index (χ4n) is 2.46. The highest BCUT2D eigenvalue weighted by Crippen LogP contribution is 2.17. The Balaban J connectivity index is 1.82. The minimum atomic E-state index is -0.877. The van der Waals surface area contributed by atoms with Gasteiger partial charge in [-0.15, -0.1) is 6.42 Å². The third-order valence-electron chi connectivity index (χ3n) is 4.04. The summed E-state index contributed by atoms with van der Waals surface area (Å²) in [4.78, 5) is 16.1. The highest BCUT2D eigenvalue weighted by molar-refractivity contribution is 5.95. The molecule has 0 heterocycles. The number of nitrogens with zero attached hydrogens (tertiary/aromatic N) is 1. The van der Waals surface area contributed by atoms with Crippen molar-refractivity contribution in [3.8, 4) is 12.3 Å². The number of anilines is 1. The van der Waals surface area contributed by atoms with Crippen molar-refractivity contribution in [2.24, 2.45) is 4.99 Å². The molecule has 0 fully saturated rings. The maximum Gasteiger partial charge on any atom is 0.243 e. The van der Waals surface area contributed by atoms with E-state index in [1.165, 1.54) is 6.07 Å². The molecule has 1 atom stereocenters. The number of amides is 1. The van der Waals surface area contributed by atoms with Gasteiger partial charge < -0.3 is 16.0 Å². The van der Waals surface area contributed by atoms with E-state index in [-0.39, 0.29) is 18.4 Å². The lowest BCUT2D eigenvalue weighted by molar-refractivity contribution is -0.115.